The Bertz CT molecular complexity index is 807. The fraction of sp³-hybridized carbons (Fsp3) is 0.476. The molecule has 2 aliphatic carbocycles. The number of ether oxygens (including phenoxy) is 1. The molecule has 3 nitrogen and oxygen atoms in total. The van der Waals surface area contributed by atoms with Crippen LogP contribution in [0.2, 0.25) is 0 Å². The van der Waals surface area contributed by atoms with Crippen LogP contribution in [0, 0.1) is 12.3 Å². The summed E-state index contributed by atoms with van der Waals surface area (Å²) in [7, 11) is 1.68. The van der Waals surface area contributed by atoms with E-state index in [1.807, 2.05) is 12.1 Å². The molecule has 0 radical (unpaired) electrons. The Kier molecular flexibility index (Phi) is 3.38. The van der Waals surface area contributed by atoms with Crippen LogP contribution < -0.4 is 4.74 Å². The molecule has 0 bridgehead atoms. The number of benzene rings is 1. The molecule has 0 N–H and O–H groups in total. The number of Topliss-reactive ketones (excluding diaryl/α,β-unsaturated/α-hetero) is 1. The molecule has 1 saturated carbocycles. The fourth-order valence-corrected chi connectivity index (χ4v) is 4.22. The quantitative estimate of drug-likeness (QED) is 0.799. The van der Waals surface area contributed by atoms with Crippen LogP contribution in [0.3, 0.4) is 0 Å². The standard InChI is InChI=1S/C21H25NO2/c1-13-19(14-5-9-16(24-4)10-6-14)20-17(22(13)15-7-8-15)11-21(2,3)12-18(20)23/h5-6,9-10,15H,7-8,11-12H2,1-4H3. The third-order valence-corrected chi connectivity index (χ3v) is 5.41. The summed E-state index contributed by atoms with van der Waals surface area (Å²) < 4.78 is 7.74. The van der Waals surface area contributed by atoms with Gasteiger partial charge >= 0.3 is 0 Å². The molecular weight excluding hydrogens is 298 g/mol. The van der Waals surface area contributed by atoms with Gasteiger partial charge in [-0.3, -0.25) is 4.79 Å². The molecule has 0 aliphatic heterocycles. The number of methoxy groups -OCH3 is 1. The highest BCUT2D eigenvalue weighted by Crippen LogP contribution is 2.47. The van der Waals surface area contributed by atoms with Gasteiger partial charge in [-0.05, 0) is 49.3 Å². The van der Waals surface area contributed by atoms with Crippen LogP contribution in [-0.2, 0) is 6.42 Å². The van der Waals surface area contributed by atoms with E-state index in [1.165, 1.54) is 24.2 Å². The van der Waals surface area contributed by atoms with Gasteiger partial charge in [0.1, 0.15) is 5.75 Å². The Balaban J connectivity index is 1.93. The first kappa shape index (κ1) is 15.5. The normalized spacial score (nSPS) is 19.2. The monoisotopic (exact) mass is 323 g/mol. The van der Waals surface area contributed by atoms with Crippen LogP contribution >= 0.6 is 0 Å². The van der Waals surface area contributed by atoms with Crippen molar-refractivity contribution in [3.63, 3.8) is 0 Å². The first-order valence-electron chi connectivity index (χ1n) is 8.82. The van der Waals surface area contributed by atoms with Gasteiger partial charge in [0.05, 0.1) is 7.11 Å². The Morgan fingerprint density at radius 3 is 2.33 bits per heavy atom. The van der Waals surface area contributed by atoms with E-state index < -0.39 is 0 Å². The second kappa shape index (κ2) is 5.23. The van der Waals surface area contributed by atoms with Crippen molar-refractivity contribution in [2.75, 3.05) is 7.11 Å². The van der Waals surface area contributed by atoms with Crippen molar-refractivity contribution in [2.45, 2.75) is 52.5 Å². The number of carbonyl (C=O) groups is 1. The van der Waals surface area contributed by atoms with Gasteiger partial charge in [0.2, 0.25) is 0 Å². The number of hydrogen-bond donors (Lipinski definition) is 0. The predicted molar refractivity (Wildman–Crippen MR) is 95.9 cm³/mol. The fourth-order valence-electron chi connectivity index (χ4n) is 4.22. The van der Waals surface area contributed by atoms with Gasteiger partial charge < -0.3 is 9.30 Å². The van der Waals surface area contributed by atoms with E-state index in [9.17, 15) is 4.79 Å². The smallest absolute Gasteiger partial charge is 0.165 e. The minimum atomic E-state index is 0.0543. The van der Waals surface area contributed by atoms with Crippen molar-refractivity contribution < 1.29 is 9.53 Å². The lowest BCUT2D eigenvalue weighted by atomic mass is 9.75. The molecule has 0 saturated heterocycles. The first-order chi connectivity index (χ1) is 11.4. The largest absolute Gasteiger partial charge is 0.497 e. The van der Waals surface area contributed by atoms with E-state index in [2.05, 4.69) is 37.5 Å². The number of aromatic nitrogens is 1. The van der Waals surface area contributed by atoms with Gasteiger partial charge in [0.25, 0.3) is 0 Å². The SMILES string of the molecule is COc1ccc(-c2c3c(n(C4CC4)c2C)CC(C)(C)CC3=O)cc1. The zero-order chi connectivity index (χ0) is 17.1. The zero-order valence-corrected chi connectivity index (χ0v) is 15.0. The summed E-state index contributed by atoms with van der Waals surface area (Å²) in [6.07, 6.45) is 4.09. The lowest BCUT2D eigenvalue weighted by Gasteiger charge is -2.30. The molecule has 0 amide bonds. The number of ketones is 1. The van der Waals surface area contributed by atoms with E-state index in [0.717, 1.165) is 28.9 Å². The maximum absolute atomic E-state index is 13.0. The average Bonchev–Trinajstić information content (AvgIpc) is 3.31. The summed E-state index contributed by atoms with van der Waals surface area (Å²) in [5, 5.41) is 0. The van der Waals surface area contributed by atoms with Crippen molar-refractivity contribution >= 4 is 5.78 Å². The van der Waals surface area contributed by atoms with Crippen LogP contribution in [0.15, 0.2) is 24.3 Å². The number of carbonyl (C=O) groups excluding carboxylic acids is 1. The minimum absolute atomic E-state index is 0.0543. The van der Waals surface area contributed by atoms with Gasteiger partial charge in [-0.15, -0.1) is 0 Å². The summed E-state index contributed by atoms with van der Waals surface area (Å²) in [6, 6.07) is 8.70. The third kappa shape index (κ3) is 2.38. The van der Waals surface area contributed by atoms with Crippen molar-refractivity contribution in [2.24, 2.45) is 5.41 Å². The number of fused-ring (bicyclic) bond motifs is 1. The Hall–Kier alpha value is -2.03. The molecule has 1 aromatic heterocycles. The minimum Gasteiger partial charge on any atom is -0.497 e. The lowest BCUT2D eigenvalue weighted by molar-refractivity contribution is 0.0910. The predicted octanol–water partition coefficient (Wildman–Crippen LogP) is 4.96. The molecule has 1 heterocycles. The van der Waals surface area contributed by atoms with E-state index >= 15 is 0 Å². The summed E-state index contributed by atoms with van der Waals surface area (Å²) in [5.74, 6) is 1.15. The van der Waals surface area contributed by atoms with Crippen molar-refractivity contribution in [1.82, 2.24) is 4.57 Å². The summed E-state index contributed by atoms with van der Waals surface area (Å²) >= 11 is 0. The number of nitrogens with zero attached hydrogens (tertiary/aromatic N) is 1. The Morgan fingerprint density at radius 1 is 1.08 bits per heavy atom. The van der Waals surface area contributed by atoms with Crippen LogP contribution in [0.5, 0.6) is 5.75 Å². The van der Waals surface area contributed by atoms with Crippen LogP contribution in [0.4, 0.5) is 0 Å². The van der Waals surface area contributed by atoms with Crippen molar-refractivity contribution in [1.29, 1.82) is 0 Å². The first-order valence-corrected chi connectivity index (χ1v) is 8.82. The maximum atomic E-state index is 13.0. The number of hydrogen-bond acceptors (Lipinski definition) is 2. The van der Waals surface area contributed by atoms with Crippen LogP contribution in [0.25, 0.3) is 11.1 Å². The van der Waals surface area contributed by atoms with E-state index in [4.69, 9.17) is 4.74 Å². The Morgan fingerprint density at radius 2 is 1.75 bits per heavy atom. The van der Waals surface area contributed by atoms with E-state index in [-0.39, 0.29) is 5.41 Å². The molecular formula is C21H25NO2. The molecule has 2 aliphatic rings. The van der Waals surface area contributed by atoms with Gasteiger partial charge in [-0.2, -0.15) is 0 Å². The molecule has 2 aromatic rings. The van der Waals surface area contributed by atoms with Gasteiger partial charge in [-0.1, -0.05) is 26.0 Å². The van der Waals surface area contributed by atoms with E-state index in [1.54, 1.807) is 7.11 Å². The van der Waals surface area contributed by atoms with Gasteiger partial charge in [-0.25, -0.2) is 0 Å². The topological polar surface area (TPSA) is 31.2 Å². The second-order valence-corrected chi connectivity index (χ2v) is 8.05. The lowest BCUT2D eigenvalue weighted by Crippen LogP contribution is -2.28. The van der Waals surface area contributed by atoms with Crippen LogP contribution in [-0.4, -0.2) is 17.5 Å². The molecule has 3 heteroatoms. The highest BCUT2D eigenvalue weighted by molar-refractivity contribution is 6.05. The molecule has 0 unspecified atom stereocenters. The molecule has 24 heavy (non-hydrogen) atoms. The summed E-state index contributed by atoms with van der Waals surface area (Å²) in [5.41, 5.74) is 5.81. The number of rotatable bonds is 3. The highest BCUT2D eigenvalue weighted by Gasteiger charge is 2.40. The molecule has 0 spiro atoms. The average molecular weight is 323 g/mol. The molecule has 1 fully saturated rings. The van der Waals surface area contributed by atoms with Gasteiger partial charge in [0, 0.05) is 35.0 Å². The third-order valence-electron chi connectivity index (χ3n) is 5.41. The Labute approximate surface area is 143 Å². The van der Waals surface area contributed by atoms with E-state index in [0.29, 0.717) is 18.2 Å². The summed E-state index contributed by atoms with van der Waals surface area (Å²) in [6.45, 7) is 6.59. The highest BCUT2D eigenvalue weighted by atomic mass is 16.5. The molecule has 0 atom stereocenters. The van der Waals surface area contributed by atoms with Crippen molar-refractivity contribution in [3.8, 4) is 16.9 Å². The van der Waals surface area contributed by atoms with Crippen molar-refractivity contribution in [3.05, 3.63) is 41.2 Å². The maximum Gasteiger partial charge on any atom is 0.165 e. The van der Waals surface area contributed by atoms with Gasteiger partial charge in [0.15, 0.2) is 5.78 Å². The summed E-state index contributed by atoms with van der Waals surface area (Å²) in [4.78, 5) is 13.0. The zero-order valence-electron chi connectivity index (χ0n) is 15.0. The molecule has 1 aromatic carbocycles. The van der Waals surface area contributed by atoms with Crippen LogP contribution in [0.1, 0.15) is 60.9 Å². The second-order valence-electron chi connectivity index (χ2n) is 8.05. The molecule has 126 valence electrons. The molecule has 4 rings (SSSR count).